The standard InChI is InChI=1S/C28H35F3N2O6/c1-18(2)14-21(33(6)26(36)39-27(3,4)5)24(34)38-22(25(35)37-17-19-10-8-7-9-11-19)15-20-12-13-23(32-16-20)28(29,30)31/h7-13,16,18,21-22H,14-15,17H2,1-6H3/t21-,22+/m0/s1. The summed E-state index contributed by atoms with van der Waals surface area (Å²) >= 11 is 0. The van der Waals surface area contributed by atoms with Gasteiger partial charge in [0.05, 0.1) is 0 Å². The summed E-state index contributed by atoms with van der Waals surface area (Å²) < 4.78 is 55.1. The molecule has 1 aromatic carbocycles. The highest BCUT2D eigenvalue weighted by molar-refractivity contribution is 5.84. The van der Waals surface area contributed by atoms with Crippen LogP contribution in [0.4, 0.5) is 18.0 Å². The monoisotopic (exact) mass is 552 g/mol. The Labute approximate surface area is 226 Å². The molecular weight excluding hydrogens is 517 g/mol. The van der Waals surface area contributed by atoms with Crippen molar-refractivity contribution in [3.63, 3.8) is 0 Å². The number of likely N-dealkylation sites (N-methyl/N-ethyl adjacent to an activating group) is 1. The van der Waals surface area contributed by atoms with Crippen molar-refractivity contribution in [1.29, 1.82) is 0 Å². The van der Waals surface area contributed by atoms with Crippen LogP contribution in [0.2, 0.25) is 0 Å². The average Bonchev–Trinajstić information content (AvgIpc) is 2.84. The molecule has 0 bridgehead atoms. The molecular formula is C28H35F3N2O6. The van der Waals surface area contributed by atoms with Crippen LogP contribution in [0.25, 0.3) is 0 Å². The number of esters is 2. The Morgan fingerprint density at radius 1 is 0.949 bits per heavy atom. The summed E-state index contributed by atoms with van der Waals surface area (Å²) in [4.78, 5) is 43.5. The second kappa shape index (κ2) is 13.4. The predicted octanol–water partition coefficient (Wildman–Crippen LogP) is 5.58. The molecule has 2 aromatic rings. The molecule has 0 aliphatic rings. The normalized spacial score (nSPS) is 13.4. The molecule has 11 heteroatoms. The Kier molecular flexibility index (Phi) is 10.9. The van der Waals surface area contributed by atoms with E-state index in [0.29, 0.717) is 5.56 Å². The van der Waals surface area contributed by atoms with E-state index in [0.717, 1.165) is 23.2 Å². The number of halogens is 3. The first kappa shape index (κ1) is 31.6. The van der Waals surface area contributed by atoms with Crippen molar-refractivity contribution in [2.45, 2.75) is 78.0 Å². The van der Waals surface area contributed by atoms with E-state index in [1.807, 2.05) is 13.8 Å². The number of nitrogens with zero attached hydrogens (tertiary/aromatic N) is 2. The number of rotatable bonds is 10. The summed E-state index contributed by atoms with van der Waals surface area (Å²) in [7, 11) is 1.39. The minimum Gasteiger partial charge on any atom is -0.458 e. The fourth-order valence-electron chi connectivity index (χ4n) is 3.46. The minimum absolute atomic E-state index is 0.0324. The van der Waals surface area contributed by atoms with Crippen LogP contribution >= 0.6 is 0 Å². The van der Waals surface area contributed by atoms with Gasteiger partial charge in [-0.3, -0.25) is 9.88 Å². The molecule has 2 rings (SSSR count). The minimum atomic E-state index is -4.63. The Hall–Kier alpha value is -3.63. The molecule has 0 fully saturated rings. The largest absolute Gasteiger partial charge is 0.458 e. The van der Waals surface area contributed by atoms with Crippen LogP contribution in [0, 0.1) is 5.92 Å². The molecule has 0 aliphatic heterocycles. The zero-order valence-corrected chi connectivity index (χ0v) is 22.9. The smallest absolute Gasteiger partial charge is 0.433 e. The molecule has 2 atom stereocenters. The number of amides is 1. The third-order valence-electron chi connectivity index (χ3n) is 5.40. The summed E-state index contributed by atoms with van der Waals surface area (Å²) in [6.45, 7) is 8.65. The maximum Gasteiger partial charge on any atom is 0.433 e. The van der Waals surface area contributed by atoms with Gasteiger partial charge in [-0.1, -0.05) is 50.2 Å². The number of carbonyl (C=O) groups excluding carboxylic acids is 3. The molecule has 8 nitrogen and oxygen atoms in total. The van der Waals surface area contributed by atoms with Crippen LogP contribution in [-0.2, 0) is 43.0 Å². The van der Waals surface area contributed by atoms with Crippen molar-refractivity contribution >= 4 is 18.0 Å². The molecule has 1 heterocycles. The zero-order chi connectivity index (χ0) is 29.4. The zero-order valence-electron chi connectivity index (χ0n) is 22.9. The highest BCUT2D eigenvalue weighted by Crippen LogP contribution is 2.27. The van der Waals surface area contributed by atoms with E-state index < -0.39 is 47.6 Å². The fourth-order valence-corrected chi connectivity index (χ4v) is 3.46. The van der Waals surface area contributed by atoms with E-state index in [4.69, 9.17) is 14.2 Å². The molecule has 39 heavy (non-hydrogen) atoms. The van der Waals surface area contributed by atoms with Crippen molar-refractivity contribution in [2.24, 2.45) is 5.92 Å². The highest BCUT2D eigenvalue weighted by atomic mass is 19.4. The topological polar surface area (TPSA) is 95.0 Å². The first-order valence-electron chi connectivity index (χ1n) is 12.5. The summed E-state index contributed by atoms with van der Waals surface area (Å²) in [5, 5.41) is 0. The molecule has 0 aliphatic carbocycles. The lowest BCUT2D eigenvalue weighted by atomic mass is 10.0. The summed E-state index contributed by atoms with van der Waals surface area (Å²) in [5.74, 6) is -1.80. The molecule has 214 valence electrons. The van der Waals surface area contributed by atoms with E-state index >= 15 is 0 Å². The number of benzene rings is 1. The quantitative estimate of drug-likeness (QED) is 0.281. The molecule has 0 unspecified atom stereocenters. The number of hydrogen-bond acceptors (Lipinski definition) is 7. The van der Waals surface area contributed by atoms with Crippen LogP contribution in [-0.4, -0.2) is 52.7 Å². The van der Waals surface area contributed by atoms with Crippen molar-refractivity contribution in [2.75, 3.05) is 7.05 Å². The summed E-state index contributed by atoms with van der Waals surface area (Å²) in [6.07, 6.45) is -5.99. The molecule has 0 N–H and O–H groups in total. The van der Waals surface area contributed by atoms with Gasteiger partial charge in [0, 0.05) is 19.7 Å². The van der Waals surface area contributed by atoms with Gasteiger partial charge in [-0.05, 0) is 50.3 Å². The molecule has 1 amide bonds. The molecule has 0 saturated heterocycles. The van der Waals surface area contributed by atoms with Gasteiger partial charge in [-0.2, -0.15) is 13.2 Å². The Morgan fingerprint density at radius 3 is 2.10 bits per heavy atom. The fraction of sp³-hybridized carbons (Fsp3) is 0.500. The van der Waals surface area contributed by atoms with Gasteiger partial charge >= 0.3 is 24.2 Å². The van der Waals surface area contributed by atoms with Gasteiger partial charge in [0.25, 0.3) is 0 Å². The first-order chi connectivity index (χ1) is 18.1. The molecule has 0 radical (unpaired) electrons. The lowest BCUT2D eigenvalue weighted by Gasteiger charge is -2.31. The van der Waals surface area contributed by atoms with Gasteiger partial charge in [0.15, 0.2) is 0 Å². The maximum atomic E-state index is 13.3. The van der Waals surface area contributed by atoms with Crippen LogP contribution < -0.4 is 0 Å². The Morgan fingerprint density at radius 2 is 1.59 bits per heavy atom. The summed E-state index contributed by atoms with van der Waals surface area (Å²) in [6, 6.07) is 9.64. The average molecular weight is 553 g/mol. The lowest BCUT2D eigenvalue weighted by molar-refractivity contribution is -0.171. The lowest BCUT2D eigenvalue weighted by Crippen LogP contribution is -2.47. The van der Waals surface area contributed by atoms with E-state index in [-0.39, 0.29) is 30.9 Å². The maximum absolute atomic E-state index is 13.3. The van der Waals surface area contributed by atoms with Crippen molar-refractivity contribution in [3.05, 3.63) is 65.5 Å². The summed E-state index contributed by atoms with van der Waals surface area (Å²) in [5.41, 5.74) is -0.993. The van der Waals surface area contributed by atoms with E-state index in [1.54, 1.807) is 51.1 Å². The third kappa shape index (κ3) is 10.6. The highest BCUT2D eigenvalue weighted by Gasteiger charge is 2.36. The first-order valence-corrected chi connectivity index (χ1v) is 12.5. The van der Waals surface area contributed by atoms with Crippen LogP contribution in [0.1, 0.15) is 57.9 Å². The molecule has 0 saturated carbocycles. The van der Waals surface area contributed by atoms with Gasteiger partial charge in [0.2, 0.25) is 6.10 Å². The number of carbonyl (C=O) groups is 3. The van der Waals surface area contributed by atoms with Crippen LogP contribution in [0.5, 0.6) is 0 Å². The number of ether oxygens (including phenoxy) is 3. The number of hydrogen-bond donors (Lipinski definition) is 0. The number of pyridine rings is 1. The Bertz CT molecular complexity index is 1100. The second-order valence-electron chi connectivity index (χ2n) is 10.5. The van der Waals surface area contributed by atoms with E-state index in [1.165, 1.54) is 7.05 Å². The van der Waals surface area contributed by atoms with Crippen LogP contribution in [0.3, 0.4) is 0 Å². The molecule has 1 aromatic heterocycles. The van der Waals surface area contributed by atoms with Gasteiger partial charge in [-0.15, -0.1) is 0 Å². The molecule has 0 spiro atoms. The Balaban J connectivity index is 2.28. The van der Waals surface area contributed by atoms with Crippen molar-refractivity contribution in [3.8, 4) is 0 Å². The van der Waals surface area contributed by atoms with Gasteiger partial charge in [-0.25, -0.2) is 14.4 Å². The van der Waals surface area contributed by atoms with Crippen molar-refractivity contribution in [1.82, 2.24) is 9.88 Å². The van der Waals surface area contributed by atoms with Crippen LogP contribution in [0.15, 0.2) is 48.7 Å². The number of aromatic nitrogens is 1. The van der Waals surface area contributed by atoms with Gasteiger partial charge < -0.3 is 14.2 Å². The van der Waals surface area contributed by atoms with E-state index in [9.17, 15) is 27.6 Å². The SMILES string of the molecule is CC(C)C[C@@H](C(=O)O[C@H](Cc1ccc(C(F)(F)F)nc1)C(=O)OCc1ccccc1)N(C)C(=O)OC(C)(C)C. The van der Waals surface area contributed by atoms with Crippen molar-refractivity contribution < 1.29 is 41.8 Å². The van der Waals surface area contributed by atoms with E-state index in [2.05, 4.69) is 4.98 Å². The predicted molar refractivity (Wildman–Crippen MR) is 136 cm³/mol. The second-order valence-corrected chi connectivity index (χ2v) is 10.5. The van der Waals surface area contributed by atoms with Gasteiger partial charge in [0.1, 0.15) is 23.9 Å². The number of alkyl halides is 3. The third-order valence-corrected chi connectivity index (χ3v) is 5.40.